The molecule has 0 atom stereocenters. The van der Waals surface area contributed by atoms with Crippen LogP contribution in [0.2, 0.25) is 0 Å². The van der Waals surface area contributed by atoms with Crippen LogP contribution in [0, 0.1) is 20.8 Å². The molecule has 0 aliphatic carbocycles. The summed E-state index contributed by atoms with van der Waals surface area (Å²) in [5.41, 5.74) is 17.7. The van der Waals surface area contributed by atoms with Gasteiger partial charge in [-0.3, -0.25) is 0 Å². The van der Waals surface area contributed by atoms with E-state index in [1.165, 1.54) is 55.8 Å². The van der Waals surface area contributed by atoms with E-state index in [4.69, 9.17) is 0 Å². The van der Waals surface area contributed by atoms with E-state index in [1.807, 2.05) is 0 Å². The van der Waals surface area contributed by atoms with Crippen LogP contribution in [0.4, 0.5) is 34.1 Å². The molecule has 0 amide bonds. The largest absolute Gasteiger partial charge is 0.311 e. The predicted octanol–water partition coefficient (Wildman–Crippen LogP) is 15.1. The Kier molecular flexibility index (Phi) is 10.2. The summed E-state index contributed by atoms with van der Waals surface area (Å²) in [7, 11) is 0. The van der Waals surface area contributed by atoms with Crippen LogP contribution >= 0.6 is 0 Å². The molecule has 0 N–H and O–H groups in total. The lowest BCUT2D eigenvalue weighted by atomic mass is 10.0. The lowest BCUT2D eigenvalue weighted by molar-refractivity contribution is 1.25. The van der Waals surface area contributed by atoms with Crippen LogP contribution in [0.25, 0.3) is 34.4 Å². The number of para-hydroxylation sites is 2. The van der Waals surface area contributed by atoms with Crippen LogP contribution in [-0.4, -0.2) is 0 Å². The molecular weight excluding hydrogens is 665 g/mol. The molecule has 0 bridgehead atoms. The van der Waals surface area contributed by atoms with Crippen molar-refractivity contribution in [1.29, 1.82) is 0 Å². The maximum absolute atomic E-state index is 2.35. The minimum Gasteiger partial charge on any atom is -0.311 e. The smallest absolute Gasteiger partial charge is 0.0466 e. The van der Waals surface area contributed by atoms with Gasteiger partial charge in [-0.15, -0.1) is 0 Å². The van der Waals surface area contributed by atoms with Gasteiger partial charge >= 0.3 is 0 Å². The summed E-state index contributed by atoms with van der Waals surface area (Å²) in [6.45, 7) is 6.47. The van der Waals surface area contributed by atoms with Gasteiger partial charge in [0, 0.05) is 34.1 Å². The van der Waals surface area contributed by atoms with Gasteiger partial charge in [0.25, 0.3) is 0 Å². The van der Waals surface area contributed by atoms with Crippen molar-refractivity contribution in [1.82, 2.24) is 0 Å². The number of nitrogens with zero attached hydrogens (tertiary/aromatic N) is 2. The van der Waals surface area contributed by atoms with Gasteiger partial charge in [-0.2, -0.15) is 0 Å². The molecule has 0 aliphatic heterocycles. The molecule has 0 radical (unpaired) electrons. The zero-order valence-electron chi connectivity index (χ0n) is 31.6. The molecule has 0 aliphatic rings. The first-order chi connectivity index (χ1) is 27.0. The number of aryl methyl sites for hydroxylation is 3. The molecule has 0 saturated carbocycles. The van der Waals surface area contributed by atoms with Crippen LogP contribution in [0.3, 0.4) is 0 Å². The molecular formula is C53H44N2. The summed E-state index contributed by atoms with van der Waals surface area (Å²) in [5.74, 6) is 0. The maximum Gasteiger partial charge on any atom is 0.0466 e. The second-order valence-corrected chi connectivity index (χ2v) is 14.2. The molecule has 2 nitrogen and oxygen atoms in total. The van der Waals surface area contributed by atoms with Gasteiger partial charge in [-0.05, 0) is 144 Å². The first kappa shape index (κ1) is 35.1. The molecule has 2 heteroatoms. The van der Waals surface area contributed by atoms with Crippen molar-refractivity contribution >= 4 is 46.3 Å². The molecule has 8 aromatic carbocycles. The van der Waals surface area contributed by atoms with Crippen LogP contribution < -0.4 is 9.80 Å². The third-order valence-electron chi connectivity index (χ3n) is 9.96. The third kappa shape index (κ3) is 8.20. The molecule has 0 fully saturated rings. The van der Waals surface area contributed by atoms with Crippen molar-refractivity contribution < 1.29 is 0 Å². The fraction of sp³-hybridized carbons (Fsp3) is 0.0566. The van der Waals surface area contributed by atoms with Gasteiger partial charge in [0.15, 0.2) is 0 Å². The van der Waals surface area contributed by atoms with E-state index in [9.17, 15) is 0 Å². The number of anilines is 6. The number of hydrogen-bond acceptors (Lipinski definition) is 2. The SMILES string of the molecule is Cc1cccc(N(c2ccc(-c3ccc(/C=C/c4ccc(-c5ccc(N(c6ccccc6)c6ccccc6)cc5)cc4)cc3)cc2)c2cc(C)cc(C)c2)c1. The summed E-state index contributed by atoms with van der Waals surface area (Å²) < 4.78 is 0. The average Bonchev–Trinajstić information content (AvgIpc) is 3.22. The number of benzene rings is 8. The molecule has 266 valence electrons. The average molecular weight is 709 g/mol. The topological polar surface area (TPSA) is 6.48 Å². The molecule has 55 heavy (non-hydrogen) atoms. The molecule has 0 heterocycles. The molecule has 0 spiro atoms. The van der Waals surface area contributed by atoms with Crippen LogP contribution in [0.15, 0.2) is 200 Å². The second kappa shape index (κ2) is 16.0. The Balaban J connectivity index is 0.949. The van der Waals surface area contributed by atoms with Crippen LogP contribution in [0.1, 0.15) is 27.8 Å². The number of rotatable bonds is 10. The molecule has 0 aromatic heterocycles. The minimum absolute atomic E-state index is 1.13. The summed E-state index contributed by atoms with van der Waals surface area (Å²) in [5, 5.41) is 0. The van der Waals surface area contributed by atoms with E-state index in [-0.39, 0.29) is 0 Å². The highest BCUT2D eigenvalue weighted by atomic mass is 15.1. The zero-order chi connectivity index (χ0) is 37.6. The normalized spacial score (nSPS) is 11.1. The lowest BCUT2D eigenvalue weighted by Gasteiger charge is -2.26. The van der Waals surface area contributed by atoms with Gasteiger partial charge in [0.1, 0.15) is 0 Å². The fourth-order valence-corrected chi connectivity index (χ4v) is 7.27. The zero-order valence-corrected chi connectivity index (χ0v) is 31.6. The van der Waals surface area contributed by atoms with Crippen molar-refractivity contribution in [2.24, 2.45) is 0 Å². The fourth-order valence-electron chi connectivity index (χ4n) is 7.27. The quantitative estimate of drug-likeness (QED) is 0.131. The van der Waals surface area contributed by atoms with E-state index in [0.717, 1.165) is 28.4 Å². The Bertz CT molecular complexity index is 2460. The van der Waals surface area contributed by atoms with Gasteiger partial charge in [0.05, 0.1) is 0 Å². The lowest BCUT2D eigenvalue weighted by Crippen LogP contribution is -2.10. The van der Waals surface area contributed by atoms with Crippen molar-refractivity contribution in [3.8, 4) is 22.3 Å². The van der Waals surface area contributed by atoms with Crippen molar-refractivity contribution in [2.45, 2.75) is 20.8 Å². The minimum atomic E-state index is 1.13. The van der Waals surface area contributed by atoms with Crippen LogP contribution in [-0.2, 0) is 0 Å². The molecule has 8 aromatic rings. The molecule has 8 rings (SSSR count). The summed E-state index contributed by atoms with van der Waals surface area (Å²) in [4.78, 5) is 4.63. The predicted molar refractivity (Wildman–Crippen MR) is 236 cm³/mol. The first-order valence-corrected chi connectivity index (χ1v) is 18.9. The van der Waals surface area contributed by atoms with E-state index in [0.29, 0.717) is 0 Å². The van der Waals surface area contributed by atoms with Crippen molar-refractivity contribution in [3.05, 3.63) is 228 Å². The third-order valence-corrected chi connectivity index (χ3v) is 9.96. The standard InChI is InChI=1S/C53H44N2/c1-39-11-10-16-52(36-39)55(53-37-40(2)35-41(3)38-53)51-33-29-47(30-34-51)45-25-21-43(22-26-45)18-17-42-19-23-44(24-20-42)46-27-31-50(32-28-46)54(48-12-6-4-7-13-48)49-14-8-5-9-15-49/h4-38H,1-3H3/b18-17+. The van der Waals surface area contributed by atoms with Gasteiger partial charge in [0.2, 0.25) is 0 Å². The first-order valence-electron chi connectivity index (χ1n) is 18.9. The van der Waals surface area contributed by atoms with Gasteiger partial charge in [-0.1, -0.05) is 140 Å². The number of hydrogen-bond donors (Lipinski definition) is 0. The molecule has 0 unspecified atom stereocenters. The summed E-state index contributed by atoms with van der Waals surface area (Å²) >= 11 is 0. The summed E-state index contributed by atoms with van der Waals surface area (Å²) in [6, 6.07) is 71.8. The Morgan fingerprint density at radius 1 is 0.273 bits per heavy atom. The highest BCUT2D eigenvalue weighted by Crippen LogP contribution is 2.38. The van der Waals surface area contributed by atoms with Gasteiger partial charge in [-0.25, -0.2) is 0 Å². The van der Waals surface area contributed by atoms with E-state index in [2.05, 4.69) is 243 Å². The van der Waals surface area contributed by atoms with Crippen LogP contribution in [0.5, 0.6) is 0 Å². The van der Waals surface area contributed by atoms with E-state index >= 15 is 0 Å². The van der Waals surface area contributed by atoms with Crippen molar-refractivity contribution in [2.75, 3.05) is 9.80 Å². The van der Waals surface area contributed by atoms with Gasteiger partial charge < -0.3 is 9.80 Å². The van der Waals surface area contributed by atoms with E-state index in [1.54, 1.807) is 0 Å². The highest BCUT2D eigenvalue weighted by Gasteiger charge is 2.15. The Morgan fingerprint density at radius 3 is 1.04 bits per heavy atom. The highest BCUT2D eigenvalue weighted by molar-refractivity contribution is 5.81. The maximum atomic E-state index is 2.35. The van der Waals surface area contributed by atoms with Crippen molar-refractivity contribution in [3.63, 3.8) is 0 Å². The Morgan fingerprint density at radius 2 is 0.618 bits per heavy atom. The Labute approximate surface area is 325 Å². The van der Waals surface area contributed by atoms with E-state index < -0.39 is 0 Å². The monoisotopic (exact) mass is 708 g/mol. The summed E-state index contributed by atoms with van der Waals surface area (Å²) in [6.07, 6.45) is 4.36. The Hall–Kier alpha value is -6.90. The second-order valence-electron chi connectivity index (χ2n) is 14.2. The molecule has 0 saturated heterocycles.